The normalized spacial score (nSPS) is 36.1. The van der Waals surface area contributed by atoms with Crippen molar-refractivity contribution in [2.24, 2.45) is 0 Å². The maximum absolute atomic E-state index is 11.3. The Bertz CT molecular complexity index is 301. The molecule has 1 rings (SSSR count). The van der Waals surface area contributed by atoms with Gasteiger partial charge in [-0.05, 0) is 6.92 Å². The van der Waals surface area contributed by atoms with Gasteiger partial charge in [0.25, 0.3) is 5.79 Å². The fourth-order valence-electron chi connectivity index (χ4n) is 2.01. The zero-order valence-corrected chi connectivity index (χ0v) is 10.6. The predicted molar refractivity (Wildman–Crippen MR) is 55.2 cm³/mol. The number of rotatable bonds is 5. The van der Waals surface area contributed by atoms with E-state index in [1.54, 1.807) is 0 Å². The zero-order valence-electron chi connectivity index (χ0n) is 10.6. The van der Waals surface area contributed by atoms with Crippen LogP contribution in [0, 0.1) is 0 Å². The van der Waals surface area contributed by atoms with Crippen LogP contribution in [0.3, 0.4) is 0 Å². The molecule has 1 saturated heterocycles. The standard InChI is InChI=1S/C10H18O7/c1-8(13-2)10(15-4,16-5)6-9(14-3,17-8)7(11)12/h6H2,1-5H3,(H,11,12). The molecule has 0 aromatic rings. The van der Waals surface area contributed by atoms with Gasteiger partial charge in [-0.15, -0.1) is 0 Å². The number of methoxy groups -OCH3 is 4. The second kappa shape index (κ2) is 4.51. The Morgan fingerprint density at radius 1 is 1.12 bits per heavy atom. The smallest absolute Gasteiger partial charge is 0.364 e. The molecule has 0 radical (unpaired) electrons. The van der Waals surface area contributed by atoms with Crippen molar-refractivity contribution in [2.45, 2.75) is 30.7 Å². The van der Waals surface area contributed by atoms with Gasteiger partial charge in [0.15, 0.2) is 0 Å². The van der Waals surface area contributed by atoms with Crippen LogP contribution >= 0.6 is 0 Å². The van der Waals surface area contributed by atoms with E-state index in [0.29, 0.717) is 0 Å². The van der Waals surface area contributed by atoms with E-state index in [1.807, 2.05) is 0 Å². The Morgan fingerprint density at radius 2 is 1.65 bits per heavy atom. The number of carboxylic acids is 1. The number of aliphatic carboxylic acids is 1. The van der Waals surface area contributed by atoms with Crippen molar-refractivity contribution < 1.29 is 33.6 Å². The van der Waals surface area contributed by atoms with Crippen LogP contribution < -0.4 is 0 Å². The quantitative estimate of drug-likeness (QED) is 0.697. The highest BCUT2D eigenvalue weighted by Gasteiger charge is 2.69. The van der Waals surface area contributed by atoms with Gasteiger partial charge in [-0.25, -0.2) is 4.79 Å². The molecule has 2 unspecified atom stereocenters. The lowest BCUT2D eigenvalue weighted by Gasteiger charge is -2.37. The van der Waals surface area contributed by atoms with Gasteiger partial charge in [0.1, 0.15) is 0 Å². The molecule has 0 aliphatic carbocycles. The largest absolute Gasteiger partial charge is 0.477 e. The highest BCUT2D eigenvalue weighted by molar-refractivity contribution is 5.76. The molecule has 0 aromatic heterocycles. The molecule has 100 valence electrons. The summed E-state index contributed by atoms with van der Waals surface area (Å²) in [6, 6.07) is 0. The third kappa shape index (κ3) is 1.84. The Morgan fingerprint density at radius 3 is 1.88 bits per heavy atom. The minimum atomic E-state index is -1.85. The lowest BCUT2D eigenvalue weighted by Crippen LogP contribution is -2.52. The van der Waals surface area contributed by atoms with Gasteiger partial charge < -0.3 is 28.8 Å². The maximum atomic E-state index is 11.3. The van der Waals surface area contributed by atoms with E-state index in [0.717, 1.165) is 0 Å². The van der Waals surface area contributed by atoms with Gasteiger partial charge in [-0.2, -0.15) is 0 Å². The molecule has 0 saturated carbocycles. The van der Waals surface area contributed by atoms with Crippen molar-refractivity contribution in [1.29, 1.82) is 0 Å². The molecule has 1 aliphatic heterocycles. The van der Waals surface area contributed by atoms with E-state index >= 15 is 0 Å². The highest BCUT2D eigenvalue weighted by atomic mass is 16.8. The molecule has 1 aliphatic rings. The fourth-order valence-corrected chi connectivity index (χ4v) is 2.01. The number of ether oxygens (including phenoxy) is 5. The molecule has 7 nitrogen and oxygen atoms in total. The van der Waals surface area contributed by atoms with Gasteiger partial charge in [0, 0.05) is 28.4 Å². The molecular formula is C10H18O7. The van der Waals surface area contributed by atoms with Crippen LogP contribution in [0.4, 0.5) is 0 Å². The second-order valence-electron chi connectivity index (χ2n) is 3.85. The summed E-state index contributed by atoms with van der Waals surface area (Å²) >= 11 is 0. The van der Waals surface area contributed by atoms with Crippen molar-refractivity contribution in [2.75, 3.05) is 28.4 Å². The van der Waals surface area contributed by atoms with E-state index in [-0.39, 0.29) is 6.42 Å². The molecule has 1 N–H and O–H groups in total. The van der Waals surface area contributed by atoms with Crippen LogP contribution in [-0.4, -0.2) is 56.9 Å². The zero-order chi connectivity index (χ0) is 13.3. The molecule has 17 heavy (non-hydrogen) atoms. The summed E-state index contributed by atoms with van der Waals surface area (Å²) in [6.07, 6.45) is -0.150. The summed E-state index contributed by atoms with van der Waals surface area (Å²) < 4.78 is 26.0. The monoisotopic (exact) mass is 250 g/mol. The number of carboxylic acid groups (broad SMARTS) is 1. The van der Waals surface area contributed by atoms with Gasteiger partial charge in [-0.1, -0.05) is 0 Å². The molecule has 0 spiro atoms. The summed E-state index contributed by atoms with van der Waals surface area (Å²) in [7, 11) is 5.39. The summed E-state index contributed by atoms with van der Waals surface area (Å²) in [6.45, 7) is 1.53. The van der Waals surface area contributed by atoms with E-state index < -0.39 is 23.3 Å². The Hall–Kier alpha value is -0.730. The first kappa shape index (κ1) is 14.3. The van der Waals surface area contributed by atoms with Crippen molar-refractivity contribution in [1.82, 2.24) is 0 Å². The van der Waals surface area contributed by atoms with Crippen molar-refractivity contribution in [3.8, 4) is 0 Å². The predicted octanol–water partition coefficient (Wildman–Crippen LogP) is 0.186. The summed E-state index contributed by atoms with van der Waals surface area (Å²) in [5.74, 6) is -5.85. The Kier molecular flexibility index (Phi) is 3.80. The number of hydrogen-bond acceptors (Lipinski definition) is 6. The third-order valence-electron chi connectivity index (χ3n) is 3.22. The van der Waals surface area contributed by atoms with E-state index in [2.05, 4.69) is 0 Å². The van der Waals surface area contributed by atoms with Gasteiger partial charge >= 0.3 is 5.97 Å². The van der Waals surface area contributed by atoms with E-state index in [4.69, 9.17) is 23.7 Å². The van der Waals surface area contributed by atoms with E-state index in [1.165, 1.54) is 35.4 Å². The summed E-state index contributed by atoms with van der Waals surface area (Å²) in [5, 5.41) is 9.20. The van der Waals surface area contributed by atoms with Gasteiger partial charge in [0.05, 0.1) is 6.42 Å². The average molecular weight is 250 g/mol. The molecular weight excluding hydrogens is 232 g/mol. The van der Waals surface area contributed by atoms with E-state index in [9.17, 15) is 9.90 Å². The first-order valence-electron chi connectivity index (χ1n) is 4.99. The number of hydrogen-bond donors (Lipinski definition) is 1. The average Bonchev–Trinajstić information content (AvgIpc) is 2.61. The number of carbonyl (C=O) groups is 1. The van der Waals surface area contributed by atoms with Gasteiger partial charge in [-0.3, -0.25) is 0 Å². The summed E-state index contributed by atoms with van der Waals surface area (Å²) in [4.78, 5) is 11.3. The Balaban J connectivity index is 3.22. The van der Waals surface area contributed by atoms with Crippen LogP contribution in [0.1, 0.15) is 13.3 Å². The Labute approximate surface area is 99.5 Å². The minimum absolute atomic E-state index is 0.150. The third-order valence-corrected chi connectivity index (χ3v) is 3.22. The van der Waals surface area contributed by atoms with Crippen LogP contribution in [0.15, 0.2) is 0 Å². The molecule has 0 aromatic carbocycles. The molecule has 0 amide bonds. The van der Waals surface area contributed by atoms with Crippen molar-refractivity contribution >= 4 is 5.97 Å². The first-order valence-corrected chi connectivity index (χ1v) is 4.99. The lowest BCUT2D eigenvalue weighted by atomic mass is 10.0. The maximum Gasteiger partial charge on any atom is 0.364 e. The van der Waals surface area contributed by atoms with Crippen LogP contribution in [0.25, 0.3) is 0 Å². The minimum Gasteiger partial charge on any atom is -0.477 e. The van der Waals surface area contributed by atoms with Crippen LogP contribution in [0.2, 0.25) is 0 Å². The second-order valence-corrected chi connectivity index (χ2v) is 3.85. The lowest BCUT2D eigenvalue weighted by molar-refractivity contribution is -0.364. The molecule has 0 bridgehead atoms. The molecule has 1 heterocycles. The summed E-state index contributed by atoms with van der Waals surface area (Å²) in [5.41, 5.74) is 0. The van der Waals surface area contributed by atoms with Crippen molar-refractivity contribution in [3.05, 3.63) is 0 Å². The SMILES string of the molecule is COC1(C(=O)O)CC(OC)(OC)C(C)(OC)O1. The first-order chi connectivity index (χ1) is 7.85. The van der Waals surface area contributed by atoms with Crippen LogP contribution in [0.5, 0.6) is 0 Å². The fraction of sp³-hybridized carbons (Fsp3) is 0.900. The van der Waals surface area contributed by atoms with Gasteiger partial charge in [0.2, 0.25) is 11.6 Å². The molecule has 2 atom stereocenters. The van der Waals surface area contributed by atoms with Crippen LogP contribution in [-0.2, 0) is 28.5 Å². The highest BCUT2D eigenvalue weighted by Crippen LogP contribution is 2.48. The molecule has 1 fully saturated rings. The topological polar surface area (TPSA) is 83.5 Å². The molecule has 7 heteroatoms. The van der Waals surface area contributed by atoms with Crippen molar-refractivity contribution in [3.63, 3.8) is 0 Å².